The van der Waals surface area contributed by atoms with Crippen LogP contribution >= 0.6 is 11.8 Å². The van der Waals surface area contributed by atoms with E-state index in [2.05, 4.69) is 14.5 Å². The topological polar surface area (TPSA) is 57.0 Å². The van der Waals surface area contributed by atoms with Crippen LogP contribution in [0.3, 0.4) is 0 Å². The van der Waals surface area contributed by atoms with Crippen molar-refractivity contribution in [3.05, 3.63) is 18.0 Å². The van der Waals surface area contributed by atoms with Gasteiger partial charge < -0.3 is 9.30 Å². The summed E-state index contributed by atoms with van der Waals surface area (Å²) in [6, 6.07) is 2.20. The molecule has 1 saturated carbocycles. The average Bonchev–Trinajstić information content (AvgIpc) is 3.13. The fourth-order valence-corrected chi connectivity index (χ4v) is 3.32. The van der Waals surface area contributed by atoms with Gasteiger partial charge in [0.05, 0.1) is 6.61 Å². The Morgan fingerprint density at radius 2 is 2.24 bits per heavy atom. The largest absolute Gasteiger partial charge is 0.461 e. The van der Waals surface area contributed by atoms with E-state index < -0.39 is 0 Å². The maximum absolute atomic E-state index is 12.2. The van der Waals surface area contributed by atoms with Crippen molar-refractivity contribution in [3.8, 4) is 0 Å². The van der Waals surface area contributed by atoms with E-state index in [0.717, 1.165) is 29.0 Å². The van der Waals surface area contributed by atoms with Crippen molar-refractivity contribution in [1.82, 2.24) is 14.5 Å². The van der Waals surface area contributed by atoms with Crippen LogP contribution < -0.4 is 0 Å². The zero-order valence-electron chi connectivity index (χ0n) is 12.3. The fraction of sp³-hybridized carbons (Fsp3) is 0.533. The molecule has 2 aromatic heterocycles. The van der Waals surface area contributed by atoms with Gasteiger partial charge >= 0.3 is 5.97 Å². The van der Waals surface area contributed by atoms with Crippen molar-refractivity contribution in [2.75, 3.05) is 12.9 Å². The number of fused-ring (bicyclic) bond motifs is 1. The van der Waals surface area contributed by atoms with Crippen LogP contribution in [-0.2, 0) is 4.74 Å². The van der Waals surface area contributed by atoms with Gasteiger partial charge in [-0.2, -0.15) is 0 Å². The van der Waals surface area contributed by atoms with E-state index in [1.807, 2.05) is 19.2 Å². The molecule has 0 N–H and O–H groups in total. The van der Waals surface area contributed by atoms with E-state index in [1.54, 1.807) is 6.20 Å². The lowest BCUT2D eigenvalue weighted by molar-refractivity contribution is 0.0512. The summed E-state index contributed by atoms with van der Waals surface area (Å²) in [4.78, 5) is 21.2. The van der Waals surface area contributed by atoms with E-state index in [4.69, 9.17) is 4.74 Å². The maximum Gasteiger partial charge on any atom is 0.355 e. The van der Waals surface area contributed by atoms with Crippen molar-refractivity contribution in [2.24, 2.45) is 0 Å². The number of nitrogens with zero attached hydrogens (tertiary/aromatic N) is 3. The second kappa shape index (κ2) is 6.05. The molecule has 0 spiro atoms. The van der Waals surface area contributed by atoms with Crippen molar-refractivity contribution in [3.63, 3.8) is 0 Å². The SMILES string of the molecule is CCOC(=O)c1cc2cnc(SC)nc2n1C1CCCC1. The molecule has 0 aliphatic heterocycles. The second-order valence-corrected chi connectivity index (χ2v) is 5.97. The zero-order valence-corrected chi connectivity index (χ0v) is 13.2. The third kappa shape index (κ3) is 2.64. The number of carbonyl (C=O) groups is 1. The predicted octanol–water partition coefficient (Wildman–Crippen LogP) is 3.45. The quantitative estimate of drug-likeness (QED) is 0.492. The van der Waals surface area contributed by atoms with Crippen molar-refractivity contribution in [1.29, 1.82) is 0 Å². The summed E-state index contributed by atoms with van der Waals surface area (Å²) in [6.45, 7) is 2.21. The molecule has 1 fully saturated rings. The Morgan fingerprint density at radius 3 is 2.90 bits per heavy atom. The lowest BCUT2D eigenvalue weighted by atomic mass is 10.2. The van der Waals surface area contributed by atoms with Gasteiger partial charge in [0.15, 0.2) is 5.16 Å². The van der Waals surface area contributed by atoms with Crippen LogP contribution in [0.4, 0.5) is 0 Å². The summed E-state index contributed by atoms with van der Waals surface area (Å²) in [5, 5.41) is 1.64. The molecule has 112 valence electrons. The molecule has 0 aromatic carbocycles. The number of aromatic nitrogens is 3. The Hall–Kier alpha value is -1.56. The monoisotopic (exact) mass is 305 g/mol. The summed E-state index contributed by atoms with van der Waals surface area (Å²) in [5.74, 6) is -0.270. The highest BCUT2D eigenvalue weighted by Crippen LogP contribution is 2.34. The lowest BCUT2D eigenvalue weighted by Gasteiger charge is -2.16. The average molecular weight is 305 g/mol. The van der Waals surface area contributed by atoms with Crippen molar-refractivity contribution >= 4 is 28.8 Å². The first kappa shape index (κ1) is 14.4. The van der Waals surface area contributed by atoms with Gasteiger partial charge in [0.25, 0.3) is 0 Å². The van der Waals surface area contributed by atoms with Gasteiger partial charge in [0.2, 0.25) is 0 Å². The van der Waals surface area contributed by atoms with Crippen LogP contribution in [0.1, 0.15) is 49.1 Å². The van der Waals surface area contributed by atoms with E-state index in [-0.39, 0.29) is 5.97 Å². The van der Waals surface area contributed by atoms with E-state index in [9.17, 15) is 4.79 Å². The highest BCUT2D eigenvalue weighted by Gasteiger charge is 2.26. The molecular weight excluding hydrogens is 286 g/mol. The number of thioether (sulfide) groups is 1. The predicted molar refractivity (Wildman–Crippen MR) is 82.8 cm³/mol. The Balaban J connectivity index is 2.15. The Kier molecular flexibility index (Phi) is 4.14. The van der Waals surface area contributed by atoms with Gasteiger partial charge in [-0.15, -0.1) is 0 Å². The molecule has 0 saturated heterocycles. The minimum Gasteiger partial charge on any atom is -0.461 e. The molecule has 2 heterocycles. The van der Waals surface area contributed by atoms with Gasteiger partial charge in [0, 0.05) is 17.6 Å². The van der Waals surface area contributed by atoms with Gasteiger partial charge in [-0.3, -0.25) is 0 Å². The van der Waals surface area contributed by atoms with Crippen LogP contribution in [0.2, 0.25) is 0 Å². The summed E-state index contributed by atoms with van der Waals surface area (Å²) in [5.41, 5.74) is 1.45. The normalized spacial score (nSPS) is 15.7. The van der Waals surface area contributed by atoms with Crippen molar-refractivity contribution < 1.29 is 9.53 Å². The molecule has 0 unspecified atom stereocenters. The molecule has 2 aromatic rings. The molecule has 0 radical (unpaired) electrons. The minimum absolute atomic E-state index is 0.270. The molecule has 0 atom stereocenters. The first-order valence-electron chi connectivity index (χ1n) is 7.33. The molecule has 6 heteroatoms. The minimum atomic E-state index is -0.270. The second-order valence-electron chi connectivity index (χ2n) is 5.19. The smallest absolute Gasteiger partial charge is 0.355 e. The van der Waals surface area contributed by atoms with Gasteiger partial charge in [-0.1, -0.05) is 24.6 Å². The van der Waals surface area contributed by atoms with Crippen LogP contribution in [0, 0.1) is 0 Å². The number of carbonyl (C=O) groups excluding carboxylic acids is 1. The molecule has 0 bridgehead atoms. The van der Waals surface area contributed by atoms with Crippen LogP contribution in [-0.4, -0.2) is 33.4 Å². The van der Waals surface area contributed by atoms with Crippen molar-refractivity contribution in [2.45, 2.75) is 43.8 Å². The highest BCUT2D eigenvalue weighted by molar-refractivity contribution is 7.98. The number of esters is 1. The number of ether oxygens (including phenoxy) is 1. The molecule has 1 aliphatic carbocycles. The molecule has 5 nitrogen and oxygen atoms in total. The first-order chi connectivity index (χ1) is 10.2. The first-order valence-corrected chi connectivity index (χ1v) is 8.56. The van der Waals surface area contributed by atoms with Crippen LogP contribution in [0.15, 0.2) is 17.4 Å². The Morgan fingerprint density at radius 1 is 1.48 bits per heavy atom. The summed E-state index contributed by atoms with van der Waals surface area (Å²) >= 11 is 1.51. The number of hydrogen-bond donors (Lipinski definition) is 0. The molecule has 0 amide bonds. The van der Waals surface area contributed by atoms with E-state index in [0.29, 0.717) is 18.3 Å². The highest BCUT2D eigenvalue weighted by atomic mass is 32.2. The van der Waals surface area contributed by atoms with Crippen LogP contribution in [0.5, 0.6) is 0 Å². The third-order valence-electron chi connectivity index (χ3n) is 3.91. The van der Waals surface area contributed by atoms with E-state index in [1.165, 1.54) is 24.6 Å². The molecule has 3 rings (SSSR count). The van der Waals surface area contributed by atoms with E-state index >= 15 is 0 Å². The Labute approximate surface area is 128 Å². The van der Waals surface area contributed by atoms with Gasteiger partial charge in [0.1, 0.15) is 11.3 Å². The number of rotatable bonds is 4. The molecular formula is C15H19N3O2S. The third-order valence-corrected chi connectivity index (χ3v) is 4.47. The van der Waals surface area contributed by atoms with Crippen LogP contribution in [0.25, 0.3) is 11.0 Å². The lowest BCUT2D eigenvalue weighted by Crippen LogP contribution is -2.15. The zero-order chi connectivity index (χ0) is 14.8. The Bertz CT molecular complexity index is 662. The van der Waals surface area contributed by atoms with Gasteiger partial charge in [-0.05, 0) is 32.1 Å². The standard InChI is InChI=1S/C15H19N3O2S/c1-3-20-14(19)12-8-10-9-16-15(21-2)17-13(10)18(12)11-6-4-5-7-11/h8-9,11H,3-7H2,1-2H3. The summed E-state index contributed by atoms with van der Waals surface area (Å²) in [6.07, 6.45) is 8.34. The maximum atomic E-state index is 12.2. The summed E-state index contributed by atoms with van der Waals surface area (Å²) in [7, 11) is 0. The number of hydrogen-bond acceptors (Lipinski definition) is 5. The van der Waals surface area contributed by atoms with Gasteiger partial charge in [-0.25, -0.2) is 14.8 Å². The summed E-state index contributed by atoms with van der Waals surface area (Å²) < 4.78 is 7.27. The molecule has 21 heavy (non-hydrogen) atoms. The fourth-order valence-electron chi connectivity index (χ4n) is 2.98. The molecule has 1 aliphatic rings.